The first-order valence-corrected chi connectivity index (χ1v) is 9.06. The predicted molar refractivity (Wildman–Crippen MR) is 107 cm³/mol. The molecule has 4 aromatic rings. The van der Waals surface area contributed by atoms with Crippen molar-refractivity contribution in [3.05, 3.63) is 125 Å². The zero-order valence-electron chi connectivity index (χ0n) is 14.5. The number of hydrogen-bond donors (Lipinski definition) is 0. The molecule has 0 radical (unpaired) electrons. The van der Waals surface area contributed by atoms with Crippen LogP contribution in [0.3, 0.4) is 0 Å². The van der Waals surface area contributed by atoms with E-state index in [4.69, 9.17) is 11.6 Å². The first-order valence-electron chi connectivity index (χ1n) is 8.68. The normalized spacial score (nSPS) is 10.9. The molecule has 3 nitrogen and oxygen atoms in total. The van der Waals surface area contributed by atoms with E-state index in [1.807, 2.05) is 42.5 Å². The molecule has 4 heteroatoms. The third-order valence-electron chi connectivity index (χ3n) is 4.52. The van der Waals surface area contributed by atoms with Crippen LogP contribution in [0.5, 0.6) is 0 Å². The molecule has 0 aliphatic carbocycles. The SMILES string of the molecule is O=C(c1ccc(Cl)cc1)n1nccc1C(c1ccccc1)c1ccccc1. The summed E-state index contributed by atoms with van der Waals surface area (Å²) in [4.78, 5) is 13.1. The van der Waals surface area contributed by atoms with E-state index in [2.05, 4.69) is 29.4 Å². The molecule has 0 saturated carbocycles. The summed E-state index contributed by atoms with van der Waals surface area (Å²) in [6, 6.07) is 29.1. The number of carbonyl (C=O) groups is 1. The van der Waals surface area contributed by atoms with Crippen LogP contribution in [-0.4, -0.2) is 15.7 Å². The van der Waals surface area contributed by atoms with Crippen molar-refractivity contribution in [3.63, 3.8) is 0 Å². The van der Waals surface area contributed by atoms with Crippen LogP contribution in [-0.2, 0) is 0 Å². The Morgan fingerprint density at radius 2 is 1.33 bits per heavy atom. The van der Waals surface area contributed by atoms with Gasteiger partial charge in [0.1, 0.15) is 0 Å². The van der Waals surface area contributed by atoms with Crippen LogP contribution in [0, 0.1) is 0 Å². The lowest BCUT2D eigenvalue weighted by Gasteiger charge is -2.19. The number of rotatable bonds is 4. The summed E-state index contributed by atoms with van der Waals surface area (Å²) in [5, 5.41) is 4.92. The van der Waals surface area contributed by atoms with Gasteiger partial charge in [-0.1, -0.05) is 72.3 Å². The van der Waals surface area contributed by atoms with Gasteiger partial charge in [0.05, 0.1) is 11.6 Å². The Kier molecular flexibility index (Phi) is 4.86. The van der Waals surface area contributed by atoms with Crippen LogP contribution in [0.25, 0.3) is 0 Å². The van der Waals surface area contributed by atoms with Crippen molar-refractivity contribution in [1.82, 2.24) is 9.78 Å². The van der Waals surface area contributed by atoms with Gasteiger partial charge in [0.15, 0.2) is 0 Å². The Bertz CT molecular complexity index is 1000. The van der Waals surface area contributed by atoms with Gasteiger partial charge in [0.25, 0.3) is 5.91 Å². The monoisotopic (exact) mass is 372 g/mol. The third kappa shape index (κ3) is 3.55. The molecule has 132 valence electrons. The maximum atomic E-state index is 13.1. The first-order chi connectivity index (χ1) is 13.2. The van der Waals surface area contributed by atoms with E-state index in [1.54, 1.807) is 30.5 Å². The fourth-order valence-electron chi connectivity index (χ4n) is 3.24. The van der Waals surface area contributed by atoms with Crippen molar-refractivity contribution in [1.29, 1.82) is 0 Å². The molecule has 0 spiro atoms. The van der Waals surface area contributed by atoms with E-state index >= 15 is 0 Å². The number of hydrogen-bond acceptors (Lipinski definition) is 2. The molecule has 4 rings (SSSR count). The topological polar surface area (TPSA) is 34.9 Å². The Morgan fingerprint density at radius 3 is 1.89 bits per heavy atom. The van der Waals surface area contributed by atoms with Crippen LogP contribution in [0.4, 0.5) is 0 Å². The van der Waals surface area contributed by atoms with E-state index in [9.17, 15) is 4.79 Å². The smallest absolute Gasteiger partial charge is 0.267 e. The third-order valence-corrected chi connectivity index (χ3v) is 4.77. The van der Waals surface area contributed by atoms with E-state index in [-0.39, 0.29) is 11.8 Å². The van der Waals surface area contributed by atoms with Gasteiger partial charge in [-0.3, -0.25) is 4.79 Å². The zero-order chi connectivity index (χ0) is 18.6. The van der Waals surface area contributed by atoms with Gasteiger partial charge in [0, 0.05) is 16.8 Å². The minimum atomic E-state index is -0.177. The van der Waals surface area contributed by atoms with Crippen molar-refractivity contribution in [2.45, 2.75) is 5.92 Å². The lowest BCUT2D eigenvalue weighted by molar-refractivity contribution is 0.0941. The highest BCUT2D eigenvalue weighted by Crippen LogP contribution is 2.31. The zero-order valence-corrected chi connectivity index (χ0v) is 15.3. The van der Waals surface area contributed by atoms with Gasteiger partial charge in [-0.05, 0) is 41.5 Å². The van der Waals surface area contributed by atoms with Crippen LogP contribution < -0.4 is 0 Å². The number of benzene rings is 3. The highest BCUT2D eigenvalue weighted by atomic mass is 35.5. The maximum absolute atomic E-state index is 13.1. The molecule has 0 amide bonds. The molecular formula is C23H17ClN2O. The lowest BCUT2D eigenvalue weighted by atomic mass is 9.88. The molecule has 27 heavy (non-hydrogen) atoms. The molecule has 0 bridgehead atoms. The largest absolute Gasteiger partial charge is 0.278 e. The van der Waals surface area contributed by atoms with Crippen LogP contribution in [0.15, 0.2) is 97.2 Å². The first kappa shape index (κ1) is 17.3. The Balaban J connectivity index is 1.82. The molecule has 0 aliphatic heterocycles. The molecule has 0 saturated heterocycles. The average Bonchev–Trinajstić information content (AvgIpc) is 3.19. The predicted octanol–water partition coefficient (Wildman–Crippen LogP) is 5.41. The fourth-order valence-corrected chi connectivity index (χ4v) is 3.37. The summed E-state index contributed by atoms with van der Waals surface area (Å²) in [6.07, 6.45) is 1.67. The van der Waals surface area contributed by atoms with Crippen molar-refractivity contribution in [2.24, 2.45) is 0 Å². The fraction of sp³-hybridized carbons (Fsp3) is 0.0435. The Morgan fingerprint density at radius 1 is 0.778 bits per heavy atom. The quantitative estimate of drug-likeness (QED) is 0.480. The molecule has 0 N–H and O–H groups in total. The molecular weight excluding hydrogens is 356 g/mol. The van der Waals surface area contributed by atoms with Gasteiger partial charge in [-0.15, -0.1) is 0 Å². The van der Waals surface area contributed by atoms with Gasteiger partial charge >= 0.3 is 0 Å². The van der Waals surface area contributed by atoms with Crippen molar-refractivity contribution >= 4 is 17.5 Å². The highest BCUT2D eigenvalue weighted by Gasteiger charge is 2.23. The molecule has 0 fully saturated rings. The van der Waals surface area contributed by atoms with E-state index in [1.165, 1.54) is 4.68 Å². The van der Waals surface area contributed by atoms with Gasteiger partial charge in [-0.25, -0.2) is 0 Å². The molecule has 0 aliphatic rings. The Hall–Kier alpha value is -3.17. The minimum absolute atomic E-state index is 0.0915. The summed E-state index contributed by atoms with van der Waals surface area (Å²) in [5.41, 5.74) is 3.58. The molecule has 1 heterocycles. The summed E-state index contributed by atoms with van der Waals surface area (Å²) < 4.78 is 1.48. The summed E-state index contributed by atoms with van der Waals surface area (Å²) >= 11 is 5.95. The second-order valence-electron chi connectivity index (χ2n) is 6.23. The van der Waals surface area contributed by atoms with Crippen LogP contribution >= 0.6 is 11.6 Å². The minimum Gasteiger partial charge on any atom is -0.267 e. The highest BCUT2D eigenvalue weighted by molar-refractivity contribution is 6.30. The van der Waals surface area contributed by atoms with Crippen LogP contribution in [0.1, 0.15) is 33.1 Å². The molecule has 0 atom stereocenters. The molecule has 0 unspecified atom stereocenters. The van der Waals surface area contributed by atoms with E-state index < -0.39 is 0 Å². The average molecular weight is 373 g/mol. The van der Waals surface area contributed by atoms with Gasteiger partial charge in [0.2, 0.25) is 0 Å². The number of nitrogens with zero attached hydrogens (tertiary/aromatic N) is 2. The van der Waals surface area contributed by atoms with Crippen molar-refractivity contribution in [2.75, 3.05) is 0 Å². The maximum Gasteiger partial charge on any atom is 0.278 e. The standard InChI is InChI=1S/C23H17ClN2O/c24-20-13-11-19(12-14-20)23(27)26-21(15-16-25-26)22(17-7-3-1-4-8-17)18-9-5-2-6-10-18/h1-16,22H. The lowest BCUT2D eigenvalue weighted by Crippen LogP contribution is -2.19. The van der Waals surface area contributed by atoms with Crippen molar-refractivity contribution in [3.8, 4) is 0 Å². The summed E-state index contributed by atoms with van der Waals surface area (Å²) in [6.45, 7) is 0. The van der Waals surface area contributed by atoms with E-state index in [0.29, 0.717) is 10.6 Å². The van der Waals surface area contributed by atoms with Gasteiger partial charge < -0.3 is 0 Å². The van der Waals surface area contributed by atoms with Crippen molar-refractivity contribution < 1.29 is 4.79 Å². The second-order valence-corrected chi connectivity index (χ2v) is 6.67. The van der Waals surface area contributed by atoms with E-state index in [0.717, 1.165) is 16.8 Å². The van der Waals surface area contributed by atoms with Crippen LogP contribution in [0.2, 0.25) is 5.02 Å². The number of carbonyl (C=O) groups excluding carboxylic acids is 1. The second kappa shape index (κ2) is 7.60. The number of halogens is 1. The summed E-state index contributed by atoms with van der Waals surface area (Å²) in [5.74, 6) is -0.269. The van der Waals surface area contributed by atoms with Gasteiger partial charge in [-0.2, -0.15) is 9.78 Å². The molecule has 3 aromatic carbocycles. The summed E-state index contributed by atoms with van der Waals surface area (Å²) in [7, 11) is 0. The number of aromatic nitrogens is 2. The Labute approximate surface area is 162 Å². The molecule has 1 aromatic heterocycles.